The highest BCUT2D eigenvalue weighted by atomic mass is 16.3. The monoisotopic (exact) mass is 701 g/mol. The normalized spacial score (nSPS) is 11.6. The van der Waals surface area contributed by atoms with E-state index in [-0.39, 0.29) is 0 Å². The summed E-state index contributed by atoms with van der Waals surface area (Å²) in [6, 6.07) is 65.8. The summed E-state index contributed by atoms with van der Waals surface area (Å²) in [7, 11) is 0. The molecule has 0 bridgehead atoms. The number of para-hydroxylation sites is 1. The van der Waals surface area contributed by atoms with Crippen molar-refractivity contribution in [3.63, 3.8) is 0 Å². The first-order chi connectivity index (χ1) is 27.3. The van der Waals surface area contributed by atoms with E-state index in [4.69, 9.17) is 19.4 Å². The fourth-order valence-electron chi connectivity index (χ4n) is 8.14. The maximum Gasteiger partial charge on any atom is 0.164 e. The molecule has 0 radical (unpaired) electrons. The van der Waals surface area contributed by atoms with Crippen molar-refractivity contribution in [2.45, 2.75) is 0 Å². The molecule has 0 saturated heterocycles. The van der Waals surface area contributed by atoms with Gasteiger partial charge in [-0.15, -0.1) is 0 Å². The molecular weight excluding hydrogens is 671 g/mol. The quantitative estimate of drug-likeness (QED) is 0.168. The number of nitrogens with zero attached hydrogens (tertiary/aromatic N) is 3. The minimum absolute atomic E-state index is 0.602. The Morgan fingerprint density at radius 3 is 1.44 bits per heavy atom. The Balaban J connectivity index is 1.06. The fraction of sp³-hybridized carbons (Fsp3) is 0. The number of rotatable bonds is 5. The second-order valence-electron chi connectivity index (χ2n) is 13.9. The molecule has 0 atom stereocenters. The molecule has 0 N–H and O–H groups in total. The molecule has 0 aliphatic rings. The van der Waals surface area contributed by atoms with Crippen LogP contribution in [0.5, 0.6) is 0 Å². The second kappa shape index (κ2) is 12.6. The Hall–Kier alpha value is -7.43. The Kier molecular flexibility index (Phi) is 7.14. The van der Waals surface area contributed by atoms with E-state index in [0.29, 0.717) is 17.5 Å². The molecule has 0 aliphatic carbocycles. The molecule has 0 saturated carbocycles. The summed E-state index contributed by atoms with van der Waals surface area (Å²) < 4.78 is 6.75. The zero-order valence-corrected chi connectivity index (χ0v) is 29.6. The molecule has 0 amide bonds. The van der Waals surface area contributed by atoms with Gasteiger partial charge in [-0.25, -0.2) is 15.0 Å². The predicted molar refractivity (Wildman–Crippen MR) is 227 cm³/mol. The van der Waals surface area contributed by atoms with Gasteiger partial charge in [-0.05, 0) is 67.2 Å². The number of hydrogen-bond donors (Lipinski definition) is 0. The van der Waals surface area contributed by atoms with Crippen LogP contribution in [0.1, 0.15) is 0 Å². The molecule has 11 aromatic rings. The van der Waals surface area contributed by atoms with E-state index >= 15 is 0 Å². The molecule has 9 aromatic carbocycles. The number of furan rings is 1. The smallest absolute Gasteiger partial charge is 0.164 e. The minimum Gasteiger partial charge on any atom is -0.455 e. The predicted octanol–water partition coefficient (Wildman–Crippen LogP) is 13.6. The van der Waals surface area contributed by atoms with E-state index < -0.39 is 0 Å². The van der Waals surface area contributed by atoms with Crippen LogP contribution in [0.3, 0.4) is 0 Å². The molecule has 4 nitrogen and oxygen atoms in total. The molecule has 256 valence electrons. The molecular formula is C51H31N3O. The van der Waals surface area contributed by atoms with E-state index in [0.717, 1.165) is 55.3 Å². The third-order valence-electron chi connectivity index (χ3n) is 10.7. The molecule has 55 heavy (non-hydrogen) atoms. The van der Waals surface area contributed by atoms with E-state index in [1.807, 2.05) is 72.8 Å². The second-order valence-corrected chi connectivity index (χ2v) is 13.9. The lowest BCUT2D eigenvalue weighted by Crippen LogP contribution is -2.00. The van der Waals surface area contributed by atoms with Gasteiger partial charge in [0.1, 0.15) is 11.2 Å². The van der Waals surface area contributed by atoms with Crippen molar-refractivity contribution in [2.75, 3.05) is 0 Å². The maximum absolute atomic E-state index is 6.75. The Labute approximate surface area is 317 Å². The van der Waals surface area contributed by atoms with Crippen molar-refractivity contribution in [3.05, 3.63) is 188 Å². The zero-order valence-electron chi connectivity index (χ0n) is 29.6. The minimum atomic E-state index is 0.602. The molecule has 0 fully saturated rings. The molecule has 11 rings (SSSR count). The van der Waals surface area contributed by atoms with Crippen molar-refractivity contribution in [3.8, 4) is 56.4 Å². The summed E-state index contributed by atoms with van der Waals surface area (Å²) >= 11 is 0. The summed E-state index contributed by atoms with van der Waals surface area (Å²) in [5, 5.41) is 9.62. The Morgan fingerprint density at radius 2 is 0.764 bits per heavy atom. The van der Waals surface area contributed by atoms with E-state index in [1.54, 1.807) is 0 Å². The van der Waals surface area contributed by atoms with E-state index in [1.165, 1.54) is 37.9 Å². The van der Waals surface area contributed by atoms with Crippen molar-refractivity contribution >= 4 is 54.3 Å². The first-order valence-electron chi connectivity index (χ1n) is 18.5. The molecule has 0 unspecified atom stereocenters. The van der Waals surface area contributed by atoms with Crippen molar-refractivity contribution in [1.82, 2.24) is 15.0 Å². The third kappa shape index (κ3) is 5.19. The average molecular weight is 702 g/mol. The molecule has 4 heteroatoms. The molecule has 2 heterocycles. The first kappa shape index (κ1) is 31.1. The van der Waals surface area contributed by atoms with Gasteiger partial charge in [-0.2, -0.15) is 0 Å². The van der Waals surface area contributed by atoms with Crippen LogP contribution in [-0.2, 0) is 0 Å². The summed E-state index contributed by atoms with van der Waals surface area (Å²) in [5.74, 6) is 1.85. The van der Waals surface area contributed by atoms with E-state index in [9.17, 15) is 0 Å². The largest absolute Gasteiger partial charge is 0.455 e. The van der Waals surface area contributed by atoms with Crippen LogP contribution in [0.25, 0.3) is 111 Å². The summed E-state index contributed by atoms with van der Waals surface area (Å²) in [5.41, 5.74) is 8.82. The highest BCUT2D eigenvalue weighted by Gasteiger charge is 2.20. The van der Waals surface area contributed by atoms with Gasteiger partial charge in [0.15, 0.2) is 17.5 Å². The maximum atomic E-state index is 6.75. The van der Waals surface area contributed by atoms with Gasteiger partial charge in [0.05, 0.1) is 0 Å². The SMILES string of the molecule is c1ccc(-c2nc(-c3ccccc3)nc(-c3cccc4oc5c(-c6cccc(-c7ccc8c9ccccc9c9ccccc9c8c7)c6)cccc5c34)n2)cc1. The fourth-order valence-corrected chi connectivity index (χ4v) is 8.14. The lowest BCUT2D eigenvalue weighted by Gasteiger charge is -2.12. The number of fused-ring (bicyclic) bond motifs is 9. The van der Waals surface area contributed by atoms with Crippen LogP contribution in [0.15, 0.2) is 192 Å². The third-order valence-corrected chi connectivity index (χ3v) is 10.7. The number of hydrogen-bond acceptors (Lipinski definition) is 4. The van der Waals surface area contributed by atoms with Gasteiger partial charge in [0, 0.05) is 33.0 Å². The van der Waals surface area contributed by atoms with Crippen LogP contribution in [0, 0.1) is 0 Å². The molecule has 0 aliphatic heterocycles. The van der Waals surface area contributed by atoms with Crippen LogP contribution in [-0.4, -0.2) is 15.0 Å². The van der Waals surface area contributed by atoms with Crippen LogP contribution >= 0.6 is 0 Å². The zero-order chi connectivity index (χ0) is 36.3. The summed E-state index contributed by atoms with van der Waals surface area (Å²) in [6.45, 7) is 0. The highest BCUT2D eigenvalue weighted by molar-refractivity contribution is 6.25. The highest BCUT2D eigenvalue weighted by Crippen LogP contribution is 2.42. The van der Waals surface area contributed by atoms with Gasteiger partial charge in [-0.3, -0.25) is 0 Å². The summed E-state index contributed by atoms with van der Waals surface area (Å²) in [4.78, 5) is 15.0. The molecule has 0 spiro atoms. The van der Waals surface area contributed by atoms with Crippen molar-refractivity contribution in [2.24, 2.45) is 0 Å². The first-order valence-corrected chi connectivity index (χ1v) is 18.5. The van der Waals surface area contributed by atoms with E-state index in [2.05, 4.69) is 115 Å². The lowest BCUT2D eigenvalue weighted by atomic mass is 9.91. The Bertz CT molecular complexity index is 3170. The van der Waals surface area contributed by atoms with Gasteiger partial charge >= 0.3 is 0 Å². The number of benzene rings is 9. The van der Waals surface area contributed by atoms with Gasteiger partial charge in [0.2, 0.25) is 0 Å². The van der Waals surface area contributed by atoms with Crippen molar-refractivity contribution < 1.29 is 4.42 Å². The molecule has 2 aromatic heterocycles. The van der Waals surface area contributed by atoms with Gasteiger partial charge in [0.25, 0.3) is 0 Å². The topological polar surface area (TPSA) is 51.8 Å². The van der Waals surface area contributed by atoms with Gasteiger partial charge < -0.3 is 4.42 Å². The number of aromatic nitrogens is 3. The Morgan fingerprint density at radius 1 is 0.291 bits per heavy atom. The lowest BCUT2D eigenvalue weighted by molar-refractivity contribution is 0.670. The standard InChI is InChI=1S/C51H31N3O/c1-3-14-32(15-4-1)49-52-50(33-16-5-2-6-17-33)54-51(53-49)44-26-13-27-46-47(44)43-25-12-24-37(48(43)55-46)36-19-11-18-34(30-36)35-28-29-42-40-22-8-7-20-38(40)39-21-9-10-23-41(39)45(42)31-35/h1-31H. The van der Waals surface area contributed by atoms with Crippen molar-refractivity contribution in [1.29, 1.82) is 0 Å². The van der Waals surface area contributed by atoms with Crippen LogP contribution in [0.4, 0.5) is 0 Å². The van der Waals surface area contributed by atoms with Crippen LogP contribution in [0.2, 0.25) is 0 Å². The van der Waals surface area contributed by atoms with Crippen LogP contribution < -0.4 is 0 Å². The van der Waals surface area contributed by atoms with Gasteiger partial charge in [-0.1, -0.05) is 170 Å². The summed E-state index contributed by atoms with van der Waals surface area (Å²) in [6.07, 6.45) is 0. The average Bonchev–Trinajstić information content (AvgIpc) is 3.66.